The topological polar surface area (TPSA) is 0 Å². The Labute approximate surface area is 89.5 Å². The lowest BCUT2D eigenvalue weighted by Crippen LogP contribution is -2.44. The minimum Gasteiger partial charge on any atom is -0.0651 e. The van der Waals surface area contributed by atoms with Gasteiger partial charge in [-0.05, 0) is 48.9 Å². The lowest BCUT2D eigenvalue weighted by Gasteiger charge is -2.53. The molecule has 4 atom stereocenters. The zero-order valence-electron chi connectivity index (χ0n) is 10.2. The van der Waals surface area contributed by atoms with Crippen LogP contribution in [-0.2, 0) is 0 Å². The molecule has 0 aromatic rings. The Kier molecular flexibility index (Phi) is 2.91. The van der Waals surface area contributed by atoms with Crippen molar-refractivity contribution in [2.24, 2.45) is 23.2 Å². The average Bonchev–Trinajstić information content (AvgIpc) is 2.20. The van der Waals surface area contributed by atoms with Crippen molar-refractivity contribution in [2.45, 2.75) is 65.7 Å². The zero-order valence-corrected chi connectivity index (χ0v) is 10.2. The second kappa shape index (κ2) is 3.87. The summed E-state index contributed by atoms with van der Waals surface area (Å²) in [5.41, 5.74) is 0.706. The highest BCUT2D eigenvalue weighted by Crippen LogP contribution is 2.55. The summed E-state index contributed by atoms with van der Waals surface area (Å²) in [6.07, 6.45) is 10.5. The third-order valence-electron chi connectivity index (χ3n) is 5.52. The van der Waals surface area contributed by atoms with Gasteiger partial charge in [-0.3, -0.25) is 0 Å². The minimum atomic E-state index is 0.706. The zero-order chi connectivity index (χ0) is 10.2. The molecule has 2 rings (SSSR count). The van der Waals surface area contributed by atoms with Gasteiger partial charge >= 0.3 is 0 Å². The van der Waals surface area contributed by atoms with Crippen molar-refractivity contribution in [2.75, 3.05) is 0 Å². The average molecular weight is 194 g/mol. The highest BCUT2D eigenvalue weighted by atomic mass is 14.5. The second-order valence-corrected chi connectivity index (χ2v) is 6.00. The molecule has 2 saturated carbocycles. The summed E-state index contributed by atoms with van der Waals surface area (Å²) in [4.78, 5) is 0. The molecule has 0 amide bonds. The molecule has 0 bridgehead atoms. The highest BCUT2D eigenvalue weighted by molar-refractivity contribution is 4.96. The Morgan fingerprint density at radius 3 is 2.64 bits per heavy atom. The van der Waals surface area contributed by atoms with Crippen molar-refractivity contribution in [3.8, 4) is 0 Å². The van der Waals surface area contributed by atoms with Gasteiger partial charge in [-0.25, -0.2) is 0 Å². The van der Waals surface area contributed by atoms with Gasteiger partial charge in [0.05, 0.1) is 0 Å². The van der Waals surface area contributed by atoms with Crippen LogP contribution in [0.25, 0.3) is 0 Å². The maximum absolute atomic E-state index is 2.59. The predicted molar refractivity (Wildman–Crippen MR) is 62.2 cm³/mol. The third-order valence-corrected chi connectivity index (χ3v) is 5.52. The van der Waals surface area contributed by atoms with Crippen molar-refractivity contribution < 1.29 is 0 Å². The standard InChI is InChI=1S/C14H26/c1-4-12-9-8-11(2)14(3)10-6-5-7-13(12)14/h11-13H,4-10H2,1-3H3/t11-,12-,13?,14?/m0/s1. The van der Waals surface area contributed by atoms with Gasteiger partial charge in [0.25, 0.3) is 0 Å². The predicted octanol–water partition coefficient (Wildman–Crippen LogP) is 4.64. The summed E-state index contributed by atoms with van der Waals surface area (Å²) in [6.45, 7) is 7.49. The van der Waals surface area contributed by atoms with Crippen LogP contribution in [0.2, 0.25) is 0 Å². The maximum Gasteiger partial charge on any atom is -0.0269 e. The molecule has 2 aliphatic rings. The fraction of sp³-hybridized carbons (Fsp3) is 1.00. The highest BCUT2D eigenvalue weighted by Gasteiger charge is 2.46. The van der Waals surface area contributed by atoms with Gasteiger partial charge in [0, 0.05) is 0 Å². The Bertz CT molecular complexity index is 196. The van der Waals surface area contributed by atoms with Crippen LogP contribution in [0.15, 0.2) is 0 Å². The molecule has 0 aliphatic heterocycles. The fourth-order valence-corrected chi connectivity index (χ4v) is 4.25. The Morgan fingerprint density at radius 2 is 1.93 bits per heavy atom. The van der Waals surface area contributed by atoms with Gasteiger partial charge in [0.2, 0.25) is 0 Å². The van der Waals surface area contributed by atoms with E-state index in [1.165, 1.54) is 44.9 Å². The summed E-state index contributed by atoms with van der Waals surface area (Å²) in [5, 5.41) is 0. The molecule has 0 heterocycles. The van der Waals surface area contributed by atoms with Crippen molar-refractivity contribution >= 4 is 0 Å². The molecule has 2 unspecified atom stereocenters. The van der Waals surface area contributed by atoms with Gasteiger partial charge in [-0.1, -0.05) is 40.0 Å². The molecular weight excluding hydrogens is 168 g/mol. The van der Waals surface area contributed by atoms with Gasteiger partial charge in [0.15, 0.2) is 0 Å². The van der Waals surface area contributed by atoms with Crippen LogP contribution in [0, 0.1) is 23.2 Å². The smallest absolute Gasteiger partial charge is 0.0269 e. The molecule has 0 aromatic carbocycles. The van der Waals surface area contributed by atoms with E-state index in [4.69, 9.17) is 0 Å². The summed E-state index contributed by atoms with van der Waals surface area (Å²) in [6, 6.07) is 0. The molecule has 0 N–H and O–H groups in total. The first-order chi connectivity index (χ1) is 6.68. The normalized spacial score (nSPS) is 48.6. The summed E-state index contributed by atoms with van der Waals surface area (Å²) >= 11 is 0. The van der Waals surface area contributed by atoms with E-state index in [0.29, 0.717) is 5.41 Å². The number of fused-ring (bicyclic) bond motifs is 1. The molecule has 0 spiro atoms. The van der Waals surface area contributed by atoms with Gasteiger partial charge < -0.3 is 0 Å². The van der Waals surface area contributed by atoms with E-state index in [-0.39, 0.29) is 0 Å². The Morgan fingerprint density at radius 1 is 1.14 bits per heavy atom. The molecular formula is C14H26. The first-order valence-corrected chi connectivity index (χ1v) is 6.68. The molecule has 14 heavy (non-hydrogen) atoms. The molecule has 0 aromatic heterocycles. The molecule has 2 aliphatic carbocycles. The molecule has 0 radical (unpaired) electrons. The van der Waals surface area contributed by atoms with E-state index < -0.39 is 0 Å². The first kappa shape index (κ1) is 10.5. The fourth-order valence-electron chi connectivity index (χ4n) is 4.25. The van der Waals surface area contributed by atoms with Crippen LogP contribution in [0.5, 0.6) is 0 Å². The SMILES string of the molecule is CC[C@H]1CC[C@H](C)C2(C)CCCCC12. The van der Waals surface area contributed by atoms with E-state index in [1.807, 2.05) is 0 Å². The van der Waals surface area contributed by atoms with E-state index in [1.54, 1.807) is 0 Å². The van der Waals surface area contributed by atoms with Crippen LogP contribution < -0.4 is 0 Å². The van der Waals surface area contributed by atoms with Gasteiger partial charge in [-0.15, -0.1) is 0 Å². The van der Waals surface area contributed by atoms with E-state index in [9.17, 15) is 0 Å². The second-order valence-electron chi connectivity index (χ2n) is 6.00. The van der Waals surface area contributed by atoms with Crippen LogP contribution in [0.1, 0.15) is 65.7 Å². The van der Waals surface area contributed by atoms with Crippen molar-refractivity contribution in [1.82, 2.24) is 0 Å². The molecule has 0 saturated heterocycles. The third kappa shape index (κ3) is 1.51. The number of hydrogen-bond acceptors (Lipinski definition) is 0. The van der Waals surface area contributed by atoms with E-state index in [2.05, 4.69) is 20.8 Å². The van der Waals surface area contributed by atoms with Crippen molar-refractivity contribution in [3.63, 3.8) is 0 Å². The molecule has 82 valence electrons. The molecule has 0 nitrogen and oxygen atoms in total. The largest absolute Gasteiger partial charge is 0.0651 e. The number of hydrogen-bond donors (Lipinski definition) is 0. The summed E-state index contributed by atoms with van der Waals surface area (Å²) in [5.74, 6) is 3.09. The van der Waals surface area contributed by atoms with E-state index >= 15 is 0 Å². The lowest BCUT2D eigenvalue weighted by molar-refractivity contribution is -0.0311. The Hall–Kier alpha value is 0. The first-order valence-electron chi connectivity index (χ1n) is 6.68. The van der Waals surface area contributed by atoms with Crippen LogP contribution in [-0.4, -0.2) is 0 Å². The van der Waals surface area contributed by atoms with Crippen LogP contribution in [0.3, 0.4) is 0 Å². The van der Waals surface area contributed by atoms with Gasteiger partial charge in [0.1, 0.15) is 0 Å². The minimum absolute atomic E-state index is 0.706. The number of rotatable bonds is 1. The lowest BCUT2D eigenvalue weighted by atomic mass is 9.52. The Balaban J connectivity index is 2.18. The van der Waals surface area contributed by atoms with Crippen molar-refractivity contribution in [3.05, 3.63) is 0 Å². The monoisotopic (exact) mass is 194 g/mol. The molecule has 2 fully saturated rings. The van der Waals surface area contributed by atoms with Crippen LogP contribution >= 0.6 is 0 Å². The summed E-state index contributed by atoms with van der Waals surface area (Å²) < 4.78 is 0. The maximum atomic E-state index is 2.59. The van der Waals surface area contributed by atoms with Crippen molar-refractivity contribution in [1.29, 1.82) is 0 Å². The quantitative estimate of drug-likeness (QED) is 0.570. The van der Waals surface area contributed by atoms with Gasteiger partial charge in [-0.2, -0.15) is 0 Å². The molecule has 0 heteroatoms. The summed E-state index contributed by atoms with van der Waals surface area (Å²) in [7, 11) is 0. The van der Waals surface area contributed by atoms with E-state index in [0.717, 1.165) is 17.8 Å². The van der Waals surface area contributed by atoms with Crippen LogP contribution in [0.4, 0.5) is 0 Å².